The summed E-state index contributed by atoms with van der Waals surface area (Å²) >= 11 is 0. The Bertz CT molecular complexity index is 337. The van der Waals surface area contributed by atoms with Crippen molar-refractivity contribution >= 4 is 5.71 Å². The summed E-state index contributed by atoms with van der Waals surface area (Å²) in [5.74, 6) is 0. The van der Waals surface area contributed by atoms with Crippen molar-refractivity contribution < 1.29 is 0 Å². The highest BCUT2D eigenvalue weighted by Gasteiger charge is 2.09. The van der Waals surface area contributed by atoms with E-state index in [0.717, 1.165) is 18.7 Å². The zero-order valence-corrected chi connectivity index (χ0v) is 6.96. The van der Waals surface area contributed by atoms with Gasteiger partial charge in [-0.2, -0.15) is 0 Å². The fourth-order valence-corrected chi connectivity index (χ4v) is 1.54. The first-order valence-electron chi connectivity index (χ1n) is 4.17. The van der Waals surface area contributed by atoms with Crippen LogP contribution in [0.3, 0.4) is 0 Å². The Labute approximate surface area is 72.5 Å². The van der Waals surface area contributed by atoms with Crippen LogP contribution in [-0.2, 0) is 6.42 Å². The van der Waals surface area contributed by atoms with Crippen molar-refractivity contribution in [2.45, 2.75) is 6.42 Å². The number of rotatable bonds is 1. The molecule has 0 fully saturated rings. The van der Waals surface area contributed by atoms with Crippen LogP contribution in [0.4, 0.5) is 0 Å². The van der Waals surface area contributed by atoms with Gasteiger partial charge in [0.1, 0.15) is 0 Å². The van der Waals surface area contributed by atoms with Gasteiger partial charge in [0, 0.05) is 12.1 Å². The van der Waals surface area contributed by atoms with Crippen LogP contribution >= 0.6 is 0 Å². The first-order chi connectivity index (χ1) is 5.92. The van der Waals surface area contributed by atoms with E-state index in [0.29, 0.717) is 0 Å². The van der Waals surface area contributed by atoms with Crippen molar-refractivity contribution in [3.63, 3.8) is 0 Å². The van der Waals surface area contributed by atoms with Gasteiger partial charge in [-0.25, -0.2) is 0 Å². The minimum absolute atomic E-state index is 0.901. The van der Waals surface area contributed by atoms with E-state index in [1.165, 1.54) is 11.1 Å². The van der Waals surface area contributed by atoms with E-state index in [4.69, 9.17) is 0 Å². The second-order valence-corrected chi connectivity index (χ2v) is 2.88. The molecule has 0 aromatic heterocycles. The molecular formula is C11H11N. The number of hydrogen-bond donors (Lipinski definition) is 0. The summed E-state index contributed by atoms with van der Waals surface area (Å²) in [7, 11) is 0. The van der Waals surface area contributed by atoms with Crippen LogP contribution in [0.2, 0.25) is 0 Å². The number of allylic oxidation sites excluding steroid dienone is 1. The van der Waals surface area contributed by atoms with Gasteiger partial charge in [0.2, 0.25) is 0 Å². The smallest absolute Gasteiger partial charge is 0.0643 e. The van der Waals surface area contributed by atoms with Crippen LogP contribution in [0.1, 0.15) is 11.1 Å². The summed E-state index contributed by atoms with van der Waals surface area (Å²) in [5, 5.41) is 0. The summed E-state index contributed by atoms with van der Waals surface area (Å²) in [6.07, 6.45) is 2.89. The molecule has 0 saturated heterocycles. The van der Waals surface area contributed by atoms with Crippen LogP contribution in [0.5, 0.6) is 0 Å². The highest BCUT2D eigenvalue weighted by Crippen LogP contribution is 2.15. The van der Waals surface area contributed by atoms with Gasteiger partial charge in [0.05, 0.1) is 5.71 Å². The molecule has 1 heterocycles. The van der Waals surface area contributed by atoms with Gasteiger partial charge < -0.3 is 0 Å². The molecule has 0 spiro atoms. The fraction of sp³-hybridized carbons (Fsp3) is 0.182. The third-order valence-corrected chi connectivity index (χ3v) is 2.15. The Hall–Kier alpha value is -1.37. The number of fused-ring (bicyclic) bond motifs is 1. The zero-order chi connectivity index (χ0) is 8.39. The fourth-order valence-electron chi connectivity index (χ4n) is 1.54. The molecule has 12 heavy (non-hydrogen) atoms. The van der Waals surface area contributed by atoms with Crippen LogP contribution in [-0.4, -0.2) is 12.3 Å². The molecule has 1 aliphatic rings. The maximum absolute atomic E-state index is 4.39. The Morgan fingerprint density at radius 3 is 3.00 bits per heavy atom. The van der Waals surface area contributed by atoms with E-state index in [-0.39, 0.29) is 0 Å². The lowest BCUT2D eigenvalue weighted by Crippen LogP contribution is -2.09. The van der Waals surface area contributed by atoms with Crippen molar-refractivity contribution in [1.29, 1.82) is 0 Å². The summed E-state index contributed by atoms with van der Waals surface area (Å²) in [4.78, 5) is 4.39. The van der Waals surface area contributed by atoms with E-state index < -0.39 is 0 Å². The number of nitrogens with zero attached hydrogens (tertiary/aromatic N) is 1. The average Bonchev–Trinajstić information content (AvgIpc) is 2.17. The maximum atomic E-state index is 4.39. The lowest BCUT2D eigenvalue weighted by Gasteiger charge is -2.13. The van der Waals surface area contributed by atoms with Gasteiger partial charge in [0.25, 0.3) is 0 Å². The molecule has 1 aliphatic heterocycles. The van der Waals surface area contributed by atoms with Crippen LogP contribution in [0.25, 0.3) is 0 Å². The van der Waals surface area contributed by atoms with E-state index in [1.54, 1.807) is 0 Å². The summed E-state index contributed by atoms with van der Waals surface area (Å²) in [6.45, 7) is 4.65. The SMILES string of the molecule is C=CC1=NCCc2ccccc21. The molecule has 1 nitrogen and oxygen atoms in total. The predicted molar refractivity (Wildman–Crippen MR) is 51.7 cm³/mol. The molecule has 60 valence electrons. The Morgan fingerprint density at radius 1 is 1.33 bits per heavy atom. The molecule has 0 amide bonds. The first-order valence-corrected chi connectivity index (χ1v) is 4.17. The van der Waals surface area contributed by atoms with Gasteiger partial charge in [-0.3, -0.25) is 4.99 Å². The lowest BCUT2D eigenvalue weighted by atomic mass is 9.98. The third-order valence-electron chi connectivity index (χ3n) is 2.15. The molecule has 0 bridgehead atoms. The number of hydrogen-bond acceptors (Lipinski definition) is 1. The lowest BCUT2D eigenvalue weighted by molar-refractivity contribution is 0.946. The molecule has 0 N–H and O–H groups in total. The minimum atomic E-state index is 0.901. The maximum Gasteiger partial charge on any atom is 0.0643 e. The quantitative estimate of drug-likeness (QED) is 0.592. The highest BCUT2D eigenvalue weighted by atomic mass is 14.7. The molecule has 0 aliphatic carbocycles. The molecule has 1 heteroatoms. The molecule has 2 rings (SSSR count). The second-order valence-electron chi connectivity index (χ2n) is 2.88. The van der Waals surface area contributed by atoms with Crippen LogP contribution < -0.4 is 0 Å². The zero-order valence-electron chi connectivity index (χ0n) is 6.96. The minimum Gasteiger partial charge on any atom is -0.284 e. The van der Waals surface area contributed by atoms with Crippen molar-refractivity contribution in [3.8, 4) is 0 Å². The van der Waals surface area contributed by atoms with Crippen LogP contribution in [0, 0.1) is 0 Å². The van der Waals surface area contributed by atoms with Gasteiger partial charge >= 0.3 is 0 Å². The van der Waals surface area contributed by atoms with Crippen LogP contribution in [0.15, 0.2) is 41.9 Å². The number of benzene rings is 1. The van der Waals surface area contributed by atoms with E-state index in [2.05, 4.69) is 29.8 Å². The van der Waals surface area contributed by atoms with Crippen molar-refractivity contribution in [2.24, 2.45) is 4.99 Å². The topological polar surface area (TPSA) is 12.4 Å². The predicted octanol–water partition coefficient (Wildman–Crippen LogP) is 2.22. The van der Waals surface area contributed by atoms with Crippen molar-refractivity contribution in [2.75, 3.05) is 6.54 Å². The van der Waals surface area contributed by atoms with E-state index in [1.807, 2.05) is 12.1 Å². The highest BCUT2D eigenvalue weighted by molar-refractivity contribution is 6.09. The third kappa shape index (κ3) is 1.07. The largest absolute Gasteiger partial charge is 0.284 e. The van der Waals surface area contributed by atoms with E-state index >= 15 is 0 Å². The molecule has 0 radical (unpaired) electrons. The normalized spacial score (nSPS) is 14.8. The molecule has 1 aromatic rings. The van der Waals surface area contributed by atoms with Gasteiger partial charge in [-0.1, -0.05) is 30.8 Å². The molecular weight excluding hydrogens is 146 g/mol. The van der Waals surface area contributed by atoms with Crippen molar-refractivity contribution in [3.05, 3.63) is 48.0 Å². The molecule has 0 unspecified atom stereocenters. The average molecular weight is 157 g/mol. The first kappa shape index (κ1) is 7.29. The second kappa shape index (κ2) is 2.94. The Kier molecular flexibility index (Phi) is 1.78. The molecule has 0 atom stereocenters. The summed E-state index contributed by atoms with van der Waals surface area (Å²) in [6, 6.07) is 8.39. The summed E-state index contributed by atoms with van der Waals surface area (Å²) in [5.41, 5.74) is 3.68. The van der Waals surface area contributed by atoms with Gasteiger partial charge in [-0.05, 0) is 18.1 Å². The van der Waals surface area contributed by atoms with E-state index in [9.17, 15) is 0 Å². The summed E-state index contributed by atoms with van der Waals surface area (Å²) < 4.78 is 0. The Morgan fingerprint density at radius 2 is 2.17 bits per heavy atom. The monoisotopic (exact) mass is 157 g/mol. The number of aliphatic imine (C=N–C) groups is 1. The molecule has 1 aromatic carbocycles. The van der Waals surface area contributed by atoms with Gasteiger partial charge in [0.15, 0.2) is 0 Å². The standard InChI is InChI=1S/C11H11N/c1-2-11-10-6-4-3-5-9(10)7-8-12-11/h2-6H,1,7-8H2. The Balaban J connectivity index is 2.55. The van der Waals surface area contributed by atoms with Gasteiger partial charge in [-0.15, -0.1) is 0 Å². The van der Waals surface area contributed by atoms with Crippen molar-refractivity contribution in [1.82, 2.24) is 0 Å². The molecule has 0 saturated carbocycles.